The number of likely N-dealkylation sites (tertiary alicyclic amines) is 2. The molecule has 0 aromatic rings. The lowest BCUT2D eigenvalue weighted by atomic mass is 9.78. The number of rotatable bonds is 2. The monoisotopic (exact) mass is 253 g/mol. The Morgan fingerprint density at radius 1 is 1.17 bits per heavy atom. The predicted molar refractivity (Wildman–Crippen MR) is 77.6 cm³/mol. The average Bonchev–Trinajstić information content (AvgIpc) is 2.35. The highest BCUT2D eigenvalue weighted by atomic mass is 15.3. The lowest BCUT2D eigenvalue weighted by Gasteiger charge is -2.54. The minimum absolute atomic E-state index is 0.273. The third-order valence-electron chi connectivity index (χ3n) is 5.50. The molecule has 0 aromatic carbocycles. The average molecular weight is 253 g/mol. The third kappa shape index (κ3) is 2.59. The van der Waals surface area contributed by atoms with Gasteiger partial charge in [-0.2, -0.15) is 0 Å². The third-order valence-corrected chi connectivity index (χ3v) is 5.50. The lowest BCUT2D eigenvalue weighted by Crippen LogP contribution is -2.64. The first-order valence-corrected chi connectivity index (χ1v) is 7.64. The maximum Gasteiger partial charge on any atom is 0.0359 e. The molecule has 2 saturated heterocycles. The number of hydrogen-bond donors (Lipinski definition) is 1. The summed E-state index contributed by atoms with van der Waals surface area (Å²) in [5, 5.41) is 0. The van der Waals surface area contributed by atoms with Crippen LogP contribution in [0.5, 0.6) is 0 Å². The Bertz CT molecular complexity index is 271. The van der Waals surface area contributed by atoms with Gasteiger partial charge < -0.3 is 10.6 Å². The summed E-state index contributed by atoms with van der Waals surface area (Å²) in [5.74, 6) is 1.62. The molecule has 3 atom stereocenters. The molecule has 3 nitrogen and oxygen atoms in total. The van der Waals surface area contributed by atoms with Crippen LogP contribution in [0.2, 0.25) is 0 Å². The topological polar surface area (TPSA) is 32.5 Å². The van der Waals surface area contributed by atoms with Gasteiger partial charge in [-0.05, 0) is 58.2 Å². The van der Waals surface area contributed by atoms with Gasteiger partial charge in [-0.15, -0.1) is 0 Å². The summed E-state index contributed by atoms with van der Waals surface area (Å²) in [6.45, 7) is 11.7. The molecule has 2 aliphatic heterocycles. The second-order valence-electron chi connectivity index (χ2n) is 6.94. The largest absolute Gasteiger partial charge is 0.329 e. The zero-order valence-electron chi connectivity index (χ0n) is 12.7. The van der Waals surface area contributed by atoms with E-state index < -0.39 is 0 Å². The highest BCUT2D eigenvalue weighted by Crippen LogP contribution is 2.37. The van der Waals surface area contributed by atoms with Crippen molar-refractivity contribution in [1.82, 2.24) is 9.80 Å². The summed E-state index contributed by atoms with van der Waals surface area (Å²) in [5.41, 5.74) is 6.48. The van der Waals surface area contributed by atoms with Crippen molar-refractivity contribution in [2.45, 2.75) is 51.6 Å². The Balaban J connectivity index is 2.15. The van der Waals surface area contributed by atoms with E-state index in [1.807, 2.05) is 0 Å². The molecular weight excluding hydrogens is 222 g/mol. The molecule has 0 bridgehead atoms. The molecule has 0 radical (unpaired) electrons. The SMILES string of the molecule is CC1CC(C)C(C)N(C2(CN)CCN(C)CC2)C1. The molecule has 18 heavy (non-hydrogen) atoms. The summed E-state index contributed by atoms with van der Waals surface area (Å²) in [6, 6.07) is 0.688. The van der Waals surface area contributed by atoms with Crippen molar-refractivity contribution in [3.05, 3.63) is 0 Å². The van der Waals surface area contributed by atoms with Crippen LogP contribution in [0.1, 0.15) is 40.0 Å². The van der Waals surface area contributed by atoms with Crippen molar-refractivity contribution in [3.63, 3.8) is 0 Å². The second-order valence-corrected chi connectivity index (χ2v) is 6.94. The predicted octanol–water partition coefficient (Wildman–Crippen LogP) is 1.78. The highest BCUT2D eigenvalue weighted by Gasteiger charge is 2.43. The smallest absolute Gasteiger partial charge is 0.0359 e. The fraction of sp³-hybridized carbons (Fsp3) is 1.00. The number of hydrogen-bond acceptors (Lipinski definition) is 3. The summed E-state index contributed by atoms with van der Waals surface area (Å²) >= 11 is 0. The molecule has 3 heteroatoms. The first kappa shape index (κ1) is 14.3. The van der Waals surface area contributed by atoms with Crippen LogP contribution in [0.15, 0.2) is 0 Å². The van der Waals surface area contributed by atoms with E-state index in [2.05, 4.69) is 37.6 Å². The van der Waals surface area contributed by atoms with E-state index in [-0.39, 0.29) is 5.54 Å². The first-order chi connectivity index (χ1) is 8.48. The van der Waals surface area contributed by atoms with E-state index in [4.69, 9.17) is 5.73 Å². The molecule has 0 spiro atoms. The van der Waals surface area contributed by atoms with Crippen LogP contribution in [0.3, 0.4) is 0 Å². The normalized spacial score (nSPS) is 38.8. The van der Waals surface area contributed by atoms with Gasteiger partial charge in [-0.25, -0.2) is 0 Å². The molecule has 0 saturated carbocycles. The maximum atomic E-state index is 6.21. The van der Waals surface area contributed by atoms with Gasteiger partial charge in [0.25, 0.3) is 0 Å². The van der Waals surface area contributed by atoms with Gasteiger partial charge in [0.05, 0.1) is 0 Å². The van der Waals surface area contributed by atoms with Crippen LogP contribution in [-0.4, -0.2) is 54.6 Å². The fourth-order valence-electron chi connectivity index (χ4n) is 3.98. The van der Waals surface area contributed by atoms with E-state index in [0.29, 0.717) is 6.04 Å². The van der Waals surface area contributed by atoms with Crippen LogP contribution in [0, 0.1) is 11.8 Å². The molecule has 2 N–H and O–H groups in total. The Kier molecular flexibility index (Phi) is 4.35. The van der Waals surface area contributed by atoms with E-state index in [1.54, 1.807) is 0 Å². The summed E-state index contributed by atoms with van der Waals surface area (Å²) in [4.78, 5) is 5.20. The molecule has 2 heterocycles. The zero-order valence-corrected chi connectivity index (χ0v) is 12.7. The molecule has 3 unspecified atom stereocenters. The van der Waals surface area contributed by atoms with Crippen molar-refractivity contribution in [3.8, 4) is 0 Å². The van der Waals surface area contributed by atoms with Crippen molar-refractivity contribution in [2.75, 3.05) is 33.2 Å². The van der Waals surface area contributed by atoms with Gasteiger partial charge in [-0.1, -0.05) is 13.8 Å². The van der Waals surface area contributed by atoms with Crippen molar-refractivity contribution < 1.29 is 0 Å². The molecule has 0 amide bonds. The van der Waals surface area contributed by atoms with Gasteiger partial charge in [0.1, 0.15) is 0 Å². The quantitative estimate of drug-likeness (QED) is 0.814. The zero-order chi connectivity index (χ0) is 13.3. The van der Waals surface area contributed by atoms with Crippen LogP contribution < -0.4 is 5.73 Å². The number of nitrogens with two attached hydrogens (primary N) is 1. The Morgan fingerprint density at radius 2 is 1.78 bits per heavy atom. The van der Waals surface area contributed by atoms with Gasteiger partial charge in [0, 0.05) is 24.7 Å². The van der Waals surface area contributed by atoms with Crippen molar-refractivity contribution in [2.24, 2.45) is 17.6 Å². The van der Waals surface area contributed by atoms with Gasteiger partial charge in [-0.3, -0.25) is 4.90 Å². The maximum absolute atomic E-state index is 6.21. The van der Waals surface area contributed by atoms with Crippen molar-refractivity contribution in [1.29, 1.82) is 0 Å². The van der Waals surface area contributed by atoms with Crippen LogP contribution in [0.25, 0.3) is 0 Å². The Hall–Kier alpha value is -0.120. The van der Waals surface area contributed by atoms with E-state index in [9.17, 15) is 0 Å². The Morgan fingerprint density at radius 3 is 2.33 bits per heavy atom. The summed E-state index contributed by atoms with van der Waals surface area (Å²) in [7, 11) is 2.23. The van der Waals surface area contributed by atoms with Crippen LogP contribution >= 0.6 is 0 Å². The van der Waals surface area contributed by atoms with Crippen LogP contribution in [0.4, 0.5) is 0 Å². The Labute approximate surface area is 113 Å². The lowest BCUT2D eigenvalue weighted by molar-refractivity contribution is -0.0444. The minimum atomic E-state index is 0.273. The van der Waals surface area contributed by atoms with Gasteiger partial charge >= 0.3 is 0 Å². The number of piperidine rings is 2. The fourth-order valence-corrected chi connectivity index (χ4v) is 3.98. The molecule has 2 fully saturated rings. The second kappa shape index (κ2) is 5.48. The number of nitrogens with zero attached hydrogens (tertiary/aromatic N) is 2. The molecule has 0 aliphatic carbocycles. The van der Waals surface area contributed by atoms with Crippen molar-refractivity contribution >= 4 is 0 Å². The van der Waals surface area contributed by atoms with Crippen LogP contribution in [-0.2, 0) is 0 Å². The van der Waals surface area contributed by atoms with Gasteiger partial charge in [0.15, 0.2) is 0 Å². The molecular formula is C15H31N3. The standard InChI is InChI=1S/C15H31N3/c1-12-9-13(2)14(3)18(10-12)15(11-16)5-7-17(4)8-6-15/h12-14H,5-11,16H2,1-4H3. The molecule has 2 aliphatic rings. The molecule has 106 valence electrons. The minimum Gasteiger partial charge on any atom is -0.329 e. The molecule has 0 aromatic heterocycles. The summed E-state index contributed by atoms with van der Waals surface area (Å²) in [6.07, 6.45) is 3.85. The highest BCUT2D eigenvalue weighted by molar-refractivity contribution is 5.00. The molecule has 2 rings (SSSR count). The first-order valence-electron chi connectivity index (χ1n) is 7.64. The van der Waals surface area contributed by atoms with E-state index in [0.717, 1.165) is 18.4 Å². The van der Waals surface area contributed by atoms with E-state index >= 15 is 0 Å². The van der Waals surface area contributed by atoms with Gasteiger partial charge in [0.2, 0.25) is 0 Å². The van der Waals surface area contributed by atoms with E-state index in [1.165, 1.54) is 38.9 Å². The summed E-state index contributed by atoms with van der Waals surface area (Å²) < 4.78 is 0.